The van der Waals surface area contributed by atoms with Gasteiger partial charge in [-0.15, -0.1) is 0 Å². The molecule has 0 amide bonds. The van der Waals surface area contributed by atoms with Crippen LogP contribution in [0.2, 0.25) is 0 Å². The van der Waals surface area contributed by atoms with E-state index in [2.05, 4.69) is 11.8 Å². The number of alkyl halides is 2. The van der Waals surface area contributed by atoms with Crippen LogP contribution in [0.4, 0.5) is 8.78 Å². The smallest absolute Gasteiger partial charge is 0.243 e. The Morgan fingerprint density at radius 2 is 1.83 bits per heavy atom. The van der Waals surface area contributed by atoms with E-state index in [0.29, 0.717) is 13.1 Å². The Labute approximate surface area is 73.7 Å². The highest BCUT2D eigenvalue weighted by molar-refractivity contribution is 4.80. The quantitative estimate of drug-likeness (QED) is 0.643. The zero-order chi connectivity index (χ0) is 9.56. The minimum atomic E-state index is -2.10. The van der Waals surface area contributed by atoms with Crippen molar-refractivity contribution in [1.29, 1.82) is 0 Å². The monoisotopic (exact) mass is 179 g/mol. The molecule has 0 aliphatic carbocycles. The molecule has 0 atom stereocenters. The SMILES string of the molecule is CC.CCCN1CC(C(F)F)C1. The summed E-state index contributed by atoms with van der Waals surface area (Å²) < 4.78 is 23.7. The maximum Gasteiger partial charge on any atom is 0.243 e. The summed E-state index contributed by atoms with van der Waals surface area (Å²) in [5.74, 6) is -0.341. The van der Waals surface area contributed by atoms with Crippen LogP contribution in [-0.4, -0.2) is 31.0 Å². The van der Waals surface area contributed by atoms with Crippen LogP contribution in [0, 0.1) is 5.92 Å². The van der Waals surface area contributed by atoms with E-state index in [1.165, 1.54) is 0 Å². The molecule has 1 rings (SSSR count). The number of hydrogen-bond donors (Lipinski definition) is 0. The summed E-state index contributed by atoms with van der Waals surface area (Å²) in [7, 11) is 0. The standard InChI is InChI=1S/C7H13F2N.C2H6/c1-2-3-10-4-6(5-10)7(8)9;1-2/h6-7H,2-5H2,1H3;1-2H3. The van der Waals surface area contributed by atoms with Crippen molar-refractivity contribution in [1.82, 2.24) is 4.90 Å². The van der Waals surface area contributed by atoms with Crippen molar-refractivity contribution < 1.29 is 8.78 Å². The molecule has 0 aromatic rings. The van der Waals surface area contributed by atoms with Gasteiger partial charge in [0, 0.05) is 19.0 Å². The van der Waals surface area contributed by atoms with Crippen LogP contribution in [0.25, 0.3) is 0 Å². The molecule has 1 saturated heterocycles. The molecular weight excluding hydrogens is 160 g/mol. The van der Waals surface area contributed by atoms with Gasteiger partial charge in [0.1, 0.15) is 0 Å². The van der Waals surface area contributed by atoms with Crippen molar-refractivity contribution >= 4 is 0 Å². The molecule has 0 saturated carbocycles. The summed E-state index contributed by atoms with van der Waals surface area (Å²) in [5, 5.41) is 0. The van der Waals surface area contributed by atoms with Crippen LogP contribution < -0.4 is 0 Å². The van der Waals surface area contributed by atoms with Gasteiger partial charge in [-0.3, -0.25) is 0 Å². The molecule has 1 fully saturated rings. The topological polar surface area (TPSA) is 3.24 Å². The fraction of sp³-hybridized carbons (Fsp3) is 1.00. The fourth-order valence-corrected chi connectivity index (χ4v) is 1.27. The molecular formula is C9H19F2N. The molecule has 1 aliphatic rings. The summed E-state index contributed by atoms with van der Waals surface area (Å²) in [5.41, 5.74) is 0. The summed E-state index contributed by atoms with van der Waals surface area (Å²) in [6, 6.07) is 0. The van der Waals surface area contributed by atoms with Gasteiger partial charge in [0.2, 0.25) is 6.43 Å². The fourth-order valence-electron chi connectivity index (χ4n) is 1.27. The molecule has 0 radical (unpaired) electrons. The first-order valence-electron chi connectivity index (χ1n) is 4.74. The van der Waals surface area contributed by atoms with Gasteiger partial charge in [-0.1, -0.05) is 20.8 Å². The van der Waals surface area contributed by atoms with E-state index in [1.54, 1.807) is 0 Å². The predicted molar refractivity (Wildman–Crippen MR) is 47.6 cm³/mol. The van der Waals surface area contributed by atoms with Crippen LogP contribution in [0.1, 0.15) is 27.2 Å². The lowest BCUT2D eigenvalue weighted by Gasteiger charge is -2.38. The number of likely N-dealkylation sites (tertiary alicyclic amines) is 1. The Bertz CT molecular complexity index is 101. The van der Waals surface area contributed by atoms with E-state index >= 15 is 0 Å². The Balaban J connectivity index is 0.000000561. The largest absolute Gasteiger partial charge is 0.302 e. The predicted octanol–water partition coefficient (Wildman–Crippen LogP) is 2.62. The Kier molecular flexibility index (Phi) is 6.25. The molecule has 0 N–H and O–H groups in total. The Hall–Kier alpha value is -0.180. The lowest BCUT2D eigenvalue weighted by Crippen LogP contribution is -2.49. The molecule has 1 aliphatic heterocycles. The Morgan fingerprint density at radius 3 is 2.17 bits per heavy atom. The molecule has 0 unspecified atom stereocenters. The number of nitrogens with zero attached hydrogens (tertiary/aromatic N) is 1. The normalized spacial score (nSPS) is 18.5. The first kappa shape index (κ1) is 11.8. The van der Waals surface area contributed by atoms with E-state index in [-0.39, 0.29) is 5.92 Å². The highest BCUT2D eigenvalue weighted by atomic mass is 19.3. The summed E-state index contributed by atoms with van der Waals surface area (Å²) in [4.78, 5) is 2.07. The molecule has 1 nitrogen and oxygen atoms in total. The first-order chi connectivity index (χ1) is 5.74. The summed E-state index contributed by atoms with van der Waals surface area (Å²) in [6.07, 6.45) is -1.04. The first-order valence-corrected chi connectivity index (χ1v) is 4.74. The average Bonchev–Trinajstić information content (AvgIpc) is 1.99. The molecule has 1 heterocycles. The van der Waals surface area contributed by atoms with E-state index in [9.17, 15) is 8.78 Å². The van der Waals surface area contributed by atoms with Gasteiger partial charge in [-0.05, 0) is 13.0 Å². The van der Waals surface area contributed by atoms with Gasteiger partial charge < -0.3 is 4.90 Å². The van der Waals surface area contributed by atoms with Crippen LogP contribution >= 0.6 is 0 Å². The third-order valence-electron chi connectivity index (χ3n) is 1.88. The van der Waals surface area contributed by atoms with Gasteiger partial charge in [0.25, 0.3) is 0 Å². The third-order valence-corrected chi connectivity index (χ3v) is 1.88. The molecule has 74 valence electrons. The maximum absolute atomic E-state index is 11.9. The zero-order valence-corrected chi connectivity index (χ0v) is 8.19. The van der Waals surface area contributed by atoms with Crippen LogP contribution in [0.15, 0.2) is 0 Å². The van der Waals surface area contributed by atoms with Crippen LogP contribution in [0.5, 0.6) is 0 Å². The average molecular weight is 179 g/mol. The molecule has 12 heavy (non-hydrogen) atoms. The molecule has 3 heteroatoms. The van der Waals surface area contributed by atoms with Crippen molar-refractivity contribution in [2.24, 2.45) is 5.92 Å². The lowest BCUT2D eigenvalue weighted by atomic mass is 10.0. The van der Waals surface area contributed by atoms with E-state index < -0.39 is 6.43 Å². The second-order valence-corrected chi connectivity index (χ2v) is 2.85. The minimum absolute atomic E-state index is 0.341. The van der Waals surface area contributed by atoms with Crippen molar-refractivity contribution in [2.75, 3.05) is 19.6 Å². The zero-order valence-electron chi connectivity index (χ0n) is 8.19. The van der Waals surface area contributed by atoms with Gasteiger partial charge in [0.15, 0.2) is 0 Å². The highest BCUT2D eigenvalue weighted by Gasteiger charge is 2.32. The van der Waals surface area contributed by atoms with Crippen LogP contribution in [0.3, 0.4) is 0 Å². The van der Waals surface area contributed by atoms with E-state index in [4.69, 9.17) is 0 Å². The summed E-state index contributed by atoms with van der Waals surface area (Å²) >= 11 is 0. The second-order valence-electron chi connectivity index (χ2n) is 2.85. The Morgan fingerprint density at radius 1 is 1.33 bits per heavy atom. The third kappa shape index (κ3) is 3.48. The molecule has 0 aromatic heterocycles. The molecule has 0 aromatic carbocycles. The van der Waals surface area contributed by atoms with Crippen molar-refractivity contribution in [3.05, 3.63) is 0 Å². The van der Waals surface area contributed by atoms with Gasteiger partial charge in [0.05, 0.1) is 0 Å². The lowest BCUT2D eigenvalue weighted by molar-refractivity contribution is -0.0238. The minimum Gasteiger partial charge on any atom is -0.302 e. The highest BCUT2D eigenvalue weighted by Crippen LogP contribution is 2.21. The number of hydrogen-bond acceptors (Lipinski definition) is 1. The van der Waals surface area contributed by atoms with Gasteiger partial charge >= 0.3 is 0 Å². The van der Waals surface area contributed by atoms with Gasteiger partial charge in [-0.25, -0.2) is 8.78 Å². The molecule has 0 bridgehead atoms. The van der Waals surface area contributed by atoms with Gasteiger partial charge in [-0.2, -0.15) is 0 Å². The van der Waals surface area contributed by atoms with Crippen LogP contribution in [-0.2, 0) is 0 Å². The van der Waals surface area contributed by atoms with E-state index in [0.717, 1.165) is 13.0 Å². The summed E-state index contributed by atoms with van der Waals surface area (Å²) in [6.45, 7) is 8.25. The number of rotatable bonds is 3. The number of halogens is 2. The van der Waals surface area contributed by atoms with Crippen molar-refractivity contribution in [3.8, 4) is 0 Å². The molecule has 0 spiro atoms. The van der Waals surface area contributed by atoms with E-state index in [1.807, 2.05) is 13.8 Å². The second kappa shape index (κ2) is 6.35. The maximum atomic E-state index is 11.9. The van der Waals surface area contributed by atoms with Crippen molar-refractivity contribution in [2.45, 2.75) is 33.6 Å². The van der Waals surface area contributed by atoms with Crippen molar-refractivity contribution in [3.63, 3.8) is 0 Å².